The van der Waals surface area contributed by atoms with Crippen molar-refractivity contribution in [3.05, 3.63) is 23.8 Å². The van der Waals surface area contributed by atoms with Crippen molar-refractivity contribution < 1.29 is 22.3 Å². The van der Waals surface area contributed by atoms with Crippen LogP contribution >= 0.6 is 0 Å². The van der Waals surface area contributed by atoms with E-state index in [1.807, 2.05) is 4.72 Å². The fraction of sp³-hybridized carbons (Fsp3) is 0.400. The lowest BCUT2D eigenvalue weighted by Gasteiger charge is -2.11. The van der Waals surface area contributed by atoms with Crippen molar-refractivity contribution >= 4 is 15.7 Å². The second-order valence-corrected chi connectivity index (χ2v) is 5.42. The van der Waals surface area contributed by atoms with Crippen LogP contribution in [0.3, 0.4) is 0 Å². The first-order chi connectivity index (χ1) is 8.29. The van der Waals surface area contributed by atoms with Crippen LogP contribution in [-0.4, -0.2) is 26.2 Å². The van der Waals surface area contributed by atoms with Gasteiger partial charge in [0.05, 0.1) is 6.10 Å². The molecule has 1 aromatic carbocycles. The van der Waals surface area contributed by atoms with Crippen LogP contribution in [0, 0.1) is 11.6 Å². The first kappa shape index (κ1) is 14.8. The van der Waals surface area contributed by atoms with E-state index in [-0.39, 0.29) is 6.54 Å². The van der Waals surface area contributed by atoms with Gasteiger partial charge in [0.2, 0.25) is 10.0 Å². The smallest absolute Gasteiger partial charge is 0.243 e. The second-order valence-electron chi connectivity index (χ2n) is 3.69. The quantitative estimate of drug-likeness (QED) is 0.688. The molecule has 1 rings (SSSR count). The number of hydrogen-bond acceptors (Lipinski definition) is 4. The van der Waals surface area contributed by atoms with Gasteiger partial charge >= 0.3 is 0 Å². The van der Waals surface area contributed by atoms with Gasteiger partial charge in [0.15, 0.2) is 5.82 Å². The molecule has 8 heteroatoms. The molecule has 0 radical (unpaired) electrons. The van der Waals surface area contributed by atoms with Crippen LogP contribution in [0.15, 0.2) is 17.0 Å². The lowest BCUT2D eigenvalue weighted by molar-refractivity contribution is 0.174. The Balaban J connectivity index is 3.03. The van der Waals surface area contributed by atoms with Gasteiger partial charge in [-0.25, -0.2) is 21.9 Å². The van der Waals surface area contributed by atoms with E-state index in [0.29, 0.717) is 6.42 Å². The van der Waals surface area contributed by atoms with Gasteiger partial charge in [-0.2, -0.15) is 0 Å². The first-order valence-corrected chi connectivity index (χ1v) is 6.69. The van der Waals surface area contributed by atoms with Gasteiger partial charge in [0.1, 0.15) is 16.4 Å². The summed E-state index contributed by atoms with van der Waals surface area (Å²) in [7, 11) is -4.17. The largest absolute Gasteiger partial charge is 0.394 e. The highest BCUT2D eigenvalue weighted by atomic mass is 32.2. The van der Waals surface area contributed by atoms with E-state index in [1.165, 1.54) is 0 Å². The molecule has 0 saturated heterocycles. The topological polar surface area (TPSA) is 92.4 Å². The predicted octanol–water partition coefficient (Wildman–Crippen LogP) is 0.596. The maximum atomic E-state index is 13.5. The maximum absolute atomic E-state index is 13.5. The highest BCUT2D eigenvalue weighted by molar-refractivity contribution is 7.89. The second kappa shape index (κ2) is 5.59. The van der Waals surface area contributed by atoms with Crippen molar-refractivity contribution in [3.63, 3.8) is 0 Å². The van der Waals surface area contributed by atoms with Crippen LogP contribution in [0.5, 0.6) is 0 Å². The van der Waals surface area contributed by atoms with E-state index >= 15 is 0 Å². The fourth-order valence-electron chi connectivity index (χ4n) is 1.18. The van der Waals surface area contributed by atoms with Gasteiger partial charge in [0, 0.05) is 6.54 Å². The van der Waals surface area contributed by atoms with Gasteiger partial charge in [-0.15, -0.1) is 0 Å². The zero-order valence-corrected chi connectivity index (χ0v) is 10.5. The van der Waals surface area contributed by atoms with Gasteiger partial charge < -0.3 is 10.8 Å². The number of aliphatic hydroxyl groups excluding tert-OH is 1. The molecular formula is C10H14F2N2O3S. The van der Waals surface area contributed by atoms with Crippen LogP contribution < -0.4 is 10.5 Å². The summed E-state index contributed by atoms with van der Waals surface area (Å²) in [5.74, 6) is -2.37. The highest BCUT2D eigenvalue weighted by Crippen LogP contribution is 2.22. The monoisotopic (exact) mass is 280 g/mol. The van der Waals surface area contributed by atoms with Gasteiger partial charge in [-0.1, -0.05) is 6.92 Å². The predicted molar refractivity (Wildman–Crippen MR) is 62.3 cm³/mol. The van der Waals surface area contributed by atoms with E-state index in [9.17, 15) is 22.3 Å². The zero-order chi connectivity index (χ0) is 13.9. The first-order valence-electron chi connectivity index (χ1n) is 5.20. The third kappa shape index (κ3) is 3.15. The third-order valence-corrected chi connectivity index (χ3v) is 3.80. The molecule has 0 bridgehead atoms. The third-order valence-electron chi connectivity index (χ3n) is 2.36. The summed E-state index contributed by atoms with van der Waals surface area (Å²) in [6, 6.07) is 1.55. The number of rotatable bonds is 5. The molecule has 0 saturated carbocycles. The van der Waals surface area contributed by atoms with Gasteiger partial charge in [0.25, 0.3) is 0 Å². The van der Waals surface area contributed by atoms with Crippen molar-refractivity contribution in [3.8, 4) is 0 Å². The lowest BCUT2D eigenvalue weighted by Crippen LogP contribution is -2.32. The lowest BCUT2D eigenvalue weighted by atomic mass is 10.3. The van der Waals surface area contributed by atoms with E-state index in [1.54, 1.807) is 6.92 Å². The number of anilines is 1. The fourth-order valence-corrected chi connectivity index (χ4v) is 2.35. The minimum Gasteiger partial charge on any atom is -0.394 e. The molecule has 18 heavy (non-hydrogen) atoms. The molecule has 1 atom stereocenters. The van der Waals surface area contributed by atoms with E-state index in [2.05, 4.69) is 0 Å². The molecule has 0 aliphatic rings. The summed E-state index contributed by atoms with van der Waals surface area (Å²) in [4.78, 5) is -0.746. The number of halogens is 2. The van der Waals surface area contributed by atoms with E-state index in [4.69, 9.17) is 5.73 Å². The molecule has 0 heterocycles. The van der Waals surface area contributed by atoms with Crippen LogP contribution in [0.1, 0.15) is 13.3 Å². The SMILES string of the molecule is CCC(O)CNS(=O)(=O)c1ccc(F)c(N)c1F. The molecule has 4 N–H and O–H groups in total. The Hall–Kier alpha value is -1.25. The maximum Gasteiger partial charge on any atom is 0.243 e. The Morgan fingerprint density at radius 1 is 1.44 bits per heavy atom. The number of nitrogen functional groups attached to an aromatic ring is 1. The molecule has 0 spiro atoms. The normalized spacial score (nSPS) is 13.6. The molecule has 102 valence electrons. The number of nitrogens with two attached hydrogens (primary N) is 1. The minimum absolute atomic E-state index is 0.254. The van der Waals surface area contributed by atoms with Gasteiger partial charge in [-0.05, 0) is 18.6 Å². The molecule has 0 aliphatic carbocycles. The van der Waals surface area contributed by atoms with Gasteiger partial charge in [-0.3, -0.25) is 0 Å². The summed E-state index contributed by atoms with van der Waals surface area (Å²) in [5, 5.41) is 9.23. The minimum atomic E-state index is -4.17. The molecule has 1 aromatic rings. The van der Waals surface area contributed by atoms with Crippen LogP contribution in [0.4, 0.5) is 14.5 Å². The average Bonchev–Trinajstić information content (AvgIpc) is 2.32. The van der Waals surface area contributed by atoms with Crippen LogP contribution in [0.2, 0.25) is 0 Å². The Bertz CT molecular complexity index is 534. The Kier molecular flexibility index (Phi) is 4.60. The van der Waals surface area contributed by atoms with Crippen LogP contribution in [0.25, 0.3) is 0 Å². The Labute approximate surface area is 104 Å². The standard InChI is InChI=1S/C10H14F2N2O3S/c1-2-6(15)5-14-18(16,17)8-4-3-7(11)10(13)9(8)12/h3-4,6,14-15H,2,5,13H2,1H3. The molecule has 5 nitrogen and oxygen atoms in total. The molecule has 0 fully saturated rings. The van der Waals surface area contributed by atoms with Crippen molar-refractivity contribution in [1.29, 1.82) is 0 Å². The molecular weight excluding hydrogens is 266 g/mol. The van der Waals surface area contributed by atoms with Crippen molar-refractivity contribution in [1.82, 2.24) is 4.72 Å². The summed E-state index contributed by atoms with van der Waals surface area (Å²) in [6.07, 6.45) is -0.531. The van der Waals surface area contributed by atoms with Crippen molar-refractivity contribution in [2.24, 2.45) is 0 Å². The van der Waals surface area contributed by atoms with Crippen LogP contribution in [-0.2, 0) is 10.0 Å². The van der Waals surface area contributed by atoms with E-state index in [0.717, 1.165) is 12.1 Å². The number of aliphatic hydroxyl groups is 1. The zero-order valence-electron chi connectivity index (χ0n) is 9.65. The molecule has 0 amide bonds. The molecule has 0 aromatic heterocycles. The number of sulfonamides is 1. The Morgan fingerprint density at radius 3 is 2.61 bits per heavy atom. The van der Waals surface area contributed by atoms with E-state index < -0.39 is 38.3 Å². The molecule has 1 unspecified atom stereocenters. The summed E-state index contributed by atoms with van der Waals surface area (Å²) >= 11 is 0. The Morgan fingerprint density at radius 2 is 2.06 bits per heavy atom. The van der Waals surface area contributed by atoms with Crippen molar-refractivity contribution in [2.45, 2.75) is 24.3 Å². The number of hydrogen-bond donors (Lipinski definition) is 3. The number of nitrogens with one attached hydrogen (secondary N) is 1. The summed E-state index contributed by atoms with van der Waals surface area (Å²) in [6.45, 7) is 1.41. The summed E-state index contributed by atoms with van der Waals surface area (Å²) < 4.78 is 51.8. The summed E-state index contributed by atoms with van der Waals surface area (Å²) in [5.41, 5.74) is 4.22. The van der Waals surface area contributed by atoms with Crippen molar-refractivity contribution in [2.75, 3.05) is 12.3 Å². The number of benzene rings is 1. The highest BCUT2D eigenvalue weighted by Gasteiger charge is 2.22. The molecule has 0 aliphatic heterocycles. The average molecular weight is 280 g/mol.